The zero-order chi connectivity index (χ0) is 25.5. The van der Waals surface area contributed by atoms with Crippen LogP contribution in [0.2, 0.25) is 10.0 Å². The Morgan fingerprint density at radius 3 is 2.43 bits per heavy atom. The number of halogens is 2. The minimum absolute atomic E-state index is 0.104. The molecule has 2 fully saturated rings. The molecule has 1 saturated heterocycles. The molecule has 0 atom stereocenters. The molecule has 190 valence electrons. The zero-order valence-corrected chi connectivity index (χ0v) is 21.9. The van der Waals surface area contributed by atoms with Gasteiger partial charge in [0.15, 0.2) is 5.75 Å². The number of piperidine rings is 1. The number of nitrogens with zero attached hydrogens (tertiary/aromatic N) is 3. The van der Waals surface area contributed by atoms with E-state index in [9.17, 15) is 5.11 Å². The summed E-state index contributed by atoms with van der Waals surface area (Å²) >= 11 is 12.5. The number of nitrogens with one attached hydrogen (secondary N) is 1. The van der Waals surface area contributed by atoms with E-state index in [1.54, 1.807) is 12.1 Å². The lowest BCUT2D eigenvalue weighted by Gasteiger charge is -2.31. The summed E-state index contributed by atoms with van der Waals surface area (Å²) in [7, 11) is 0. The monoisotopic (exact) mass is 533 g/mol. The summed E-state index contributed by atoms with van der Waals surface area (Å²) in [4.78, 5) is 11.7. The van der Waals surface area contributed by atoms with Gasteiger partial charge in [0.1, 0.15) is 5.82 Å². The first-order valence-electron chi connectivity index (χ1n) is 12.8. The second-order valence-electron chi connectivity index (χ2n) is 10.2. The van der Waals surface area contributed by atoms with Gasteiger partial charge in [-0.1, -0.05) is 29.3 Å². The average molecular weight is 534 g/mol. The standard InChI is InChI=1S/C29H29Cl2N5O/c30-24-13-19(14-25(31)29(24)37)18-3-4-26-23(12-18)28(20(16-34-26)11-17-1-2-17)35-22-5-8-33-27(15-22)36-9-6-21(32)7-10-36/h3-5,8,12-17,21,37H,1-2,6-7,9-11,32H2,(H,33,34,35). The zero-order valence-electron chi connectivity index (χ0n) is 20.4. The largest absolute Gasteiger partial charge is 0.505 e. The van der Waals surface area contributed by atoms with Gasteiger partial charge in [0.2, 0.25) is 0 Å². The molecular formula is C29H29Cl2N5O. The highest BCUT2D eigenvalue weighted by molar-refractivity contribution is 6.37. The van der Waals surface area contributed by atoms with E-state index < -0.39 is 0 Å². The lowest BCUT2D eigenvalue weighted by atomic mass is 9.99. The molecule has 1 aliphatic heterocycles. The van der Waals surface area contributed by atoms with E-state index in [1.165, 1.54) is 18.4 Å². The highest BCUT2D eigenvalue weighted by Crippen LogP contribution is 2.40. The van der Waals surface area contributed by atoms with Crippen LogP contribution in [0.3, 0.4) is 0 Å². The Balaban J connectivity index is 1.41. The first kappa shape index (κ1) is 24.3. The molecule has 4 aromatic rings. The van der Waals surface area contributed by atoms with Crippen LogP contribution in [0.4, 0.5) is 17.2 Å². The Morgan fingerprint density at radius 1 is 0.946 bits per heavy atom. The first-order valence-corrected chi connectivity index (χ1v) is 13.5. The third-order valence-electron chi connectivity index (χ3n) is 7.38. The van der Waals surface area contributed by atoms with Crippen molar-refractivity contribution in [3.63, 3.8) is 0 Å². The molecule has 6 nitrogen and oxygen atoms in total. The number of benzene rings is 2. The van der Waals surface area contributed by atoms with E-state index in [0.717, 1.165) is 71.6 Å². The number of aromatic hydroxyl groups is 1. The number of phenols is 1. The molecule has 2 aliphatic rings. The average Bonchev–Trinajstić information content (AvgIpc) is 3.73. The Kier molecular flexibility index (Phi) is 6.57. The molecule has 1 saturated carbocycles. The first-order chi connectivity index (χ1) is 17.9. The fourth-order valence-electron chi connectivity index (χ4n) is 5.02. The minimum atomic E-state index is -0.104. The van der Waals surface area contributed by atoms with Crippen LogP contribution in [-0.2, 0) is 6.42 Å². The fraction of sp³-hybridized carbons (Fsp3) is 0.310. The Hall–Kier alpha value is -3.06. The topological polar surface area (TPSA) is 87.3 Å². The maximum atomic E-state index is 10.0. The van der Waals surface area contributed by atoms with Crippen LogP contribution >= 0.6 is 23.2 Å². The summed E-state index contributed by atoms with van der Waals surface area (Å²) in [6.45, 7) is 1.84. The Bertz CT molecular complexity index is 1440. The van der Waals surface area contributed by atoms with E-state index in [-0.39, 0.29) is 21.8 Å². The van der Waals surface area contributed by atoms with Gasteiger partial charge >= 0.3 is 0 Å². The normalized spacial score (nSPS) is 16.4. The highest BCUT2D eigenvalue weighted by Gasteiger charge is 2.24. The molecule has 2 aromatic heterocycles. The minimum Gasteiger partial charge on any atom is -0.505 e. The number of aromatic nitrogens is 2. The van der Waals surface area contributed by atoms with E-state index in [4.69, 9.17) is 33.9 Å². The summed E-state index contributed by atoms with van der Waals surface area (Å²) in [5.41, 5.74) is 12.1. The highest BCUT2D eigenvalue weighted by atomic mass is 35.5. The SMILES string of the molecule is NC1CCN(c2cc(Nc3c(CC4CC4)cnc4ccc(-c5cc(Cl)c(O)c(Cl)c5)cc34)ccn2)CC1. The fourth-order valence-corrected chi connectivity index (χ4v) is 5.51. The van der Waals surface area contributed by atoms with E-state index in [1.807, 2.05) is 30.6 Å². The van der Waals surface area contributed by atoms with Gasteiger partial charge < -0.3 is 21.1 Å². The summed E-state index contributed by atoms with van der Waals surface area (Å²) in [5.74, 6) is 1.57. The van der Waals surface area contributed by atoms with E-state index >= 15 is 0 Å². The van der Waals surface area contributed by atoms with Crippen LogP contribution in [0, 0.1) is 5.92 Å². The molecule has 0 spiro atoms. The van der Waals surface area contributed by atoms with Crippen LogP contribution in [-0.4, -0.2) is 34.2 Å². The summed E-state index contributed by atoms with van der Waals surface area (Å²) in [6.07, 6.45) is 9.35. The van der Waals surface area contributed by atoms with Crippen molar-refractivity contribution < 1.29 is 5.11 Å². The van der Waals surface area contributed by atoms with Crippen molar-refractivity contribution in [2.45, 2.75) is 38.1 Å². The van der Waals surface area contributed by atoms with Gasteiger partial charge in [-0.25, -0.2) is 4.98 Å². The molecule has 8 heteroatoms. The lowest BCUT2D eigenvalue weighted by Crippen LogP contribution is -2.40. The van der Waals surface area contributed by atoms with Gasteiger partial charge in [-0.3, -0.25) is 4.98 Å². The number of rotatable bonds is 6. The third-order valence-corrected chi connectivity index (χ3v) is 7.96. The molecule has 0 unspecified atom stereocenters. The van der Waals surface area contributed by atoms with Crippen LogP contribution in [0.1, 0.15) is 31.2 Å². The van der Waals surface area contributed by atoms with Gasteiger partial charge in [-0.2, -0.15) is 0 Å². The number of pyridine rings is 2. The predicted molar refractivity (Wildman–Crippen MR) is 152 cm³/mol. The van der Waals surface area contributed by atoms with Crippen molar-refractivity contribution in [3.8, 4) is 16.9 Å². The second-order valence-corrected chi connectivity index (χ2v) is 11.0. The summed E-state index contributed by atoms with van der Waals surface area (Å²) < 4.78 is 0. The van der Waals surface area contributed by atoms with Gasteiger partial charge in [0, 0.05) is 48.7 Å². The number of phenolic OH excluding ortho intramolecular Hbond substituents is 1. The van der Waals surface area contributed by atoms with Gasteiger partial charge in [0.05, 0.1) is 21.2 Å². The van der Waals surface area contributed by atoms with Crippen molar-refractivity contribution in [2.75, 3.05) is 23.3 Å². The van der Waals surface area contributed by atoms with Crippen molar-refractivity contribution in [2.24, 2.45) is 11.7 Å². The molecule has 2 aromatic carbocycles. The number of fused-ring (bicyclic) bond motifs is 1. The van der Waals surface area contributed by atoms with Crippen LogP contribution in [0.15, 0.2) is 54.9 Å². The van der Waals surface area contributed by atoms with Crippen molar-refractivity contribution in [3.05, 3.63) is 70.5 Å². The molecule has 6 rings (SSSR count). The van der Waals surface area contributed by atoms with E-state index in [2.05, 4.69) is 27.3 Å². The lowest BCUT2D eigenvalue weighted by molar-refractivity contribution is 0.476. The maximum Gasteiger partial charge on any atom is 0.152 e. The van der Waals surface area contributed by atoms with Gasteiger partial charge in [-0.05, 0) is 85.0 Å². The Morgan fingerprint density at radius 2 is 1.70 bits per heavy atom. The van der Waals surface area contributed by atoms with Crippen LogP contribution in [0.5, 0.6) is 5.75 Å². The summed E-state index contributed by atoms with van der Waals surface area (Å²) in [5, 5.41) is 15.2. The molecule has 0 amide bonds. The number of nitrogens with two attached hydrogens (primary N) is 1. The smallest absolute Gasteiger partial charge is 0.152 e. The second kappa shape index (κ2) is 10.0. The van der Waals surface area contributed by atoms with Gasteiger partial charge in [-0.15, -0.1) is 0 Å². The molecular weight excluding hydrogens is 505 g/mol. The van der Waals surface area contributed by atoms with Crippen LogP contribution < -0.4 is 16.0 Å². The molecule has 0 radical (unpaired) electrons. The van der Waals surface area contributed by atoms with Gasteiger partial charge in [0.25, 0.3) is 0 Å². The van der Waals surface area contributed by atoms with Crippen LogP contribution in [0.25, 0.3) is 22.0 Å². The molecule has 37 heavy (non-hydrogen) atoms. The third kappa shape index (κ3) is 5.19. The number of hydrogen-bond donors (Lipinski definition) is 3. The summed E-state index contributed by atoms with van der Waals surface area (Å²) in [6, 6.07) is 14.0. The molecule has 1 aliphatic carbocycles. The maximum absolute atomic E-state index is 10.0. The van der Waals surface area contributed by atoms with Crippen molar-refractivity contribution in [1.82, 2.24) is 9.97 Å². The van der Waals surface area contributed by atoms with Crippen molar-refractivity contribution >= 4 is 51.3 Å². The predicted octanol–water partition coefficient (Wildman–Crippen LogP) is 6.93. The van der Waals surface area contributed by atoms with E-state index in [0.29, 0.717) is 5.92 Å². The number of hydrogen-bond acceptors (Lipinski definition) is 6. The Labute approximate surface area is 226 Å². The molecule has 3 heterocycles. The molecule has 4 N–H and O–H groups in total. The quantitative estimate of drug-likeness (QED) is 0.249. The molecule has 0 bridgehead atoms. The number of anilines is 3. The van der Waals surface area contributed by atoms with Crippen molar-refractivity contribution in [1.29, 1.82) is 0 Å².